The Morgan fingerprint density at radius 3 is 2.83 bits per heavy atom. The van der Waals surface area contributed by atoms with E-state index in [1.54, 1.807) is 0 Å². The summed E-state index contributed by atoms with van der Waals surface area (Å²) in [4.78, 5) is 15.3. The second-order valence-electron chi connectivity index (χ2n) is 5.28. The second-order valence-corrected chi connectivity index (χ2v) is 5.28. The van der Waals surface area contributed by atoms with Crippen LogP contribution in [-0.4, -0.2) is 16.1 Å². The lowest BCUT2D eigenvalue weighted by Crippen LogP contribution is -2.03. The van der Waals surface area contributed by atoms with E-state index in [-0.39, 0.29) is 17.2 Å². The molecule has 1 heterocycles. The van der Waals surface area contributed by atoms with Gasteiger partial charge in [-0.05, 0) is 17.5 Å². The van der Waals surface area contributed by atoms with E-state index >= 15 is 0 Å². The quantitative estimate of drug-likeness (QED) is 0.888. The zero-order chi connectivity index (χ0) is 13.1. The van der Waals surface area contributed by atoms with Gasteiger partial charge in [0.2, 0.25) is 0 Å². The number of aromatic nitrogens is 1. The summed E-state index contributed by atoms with van der Waals surface area (Å²) in [6.45, 7) is 3.73. The molecule has 1 aliphatic carbocycles. The third kappa shape index (κ3) is 1.43. The predicted octanol–water partition coefficient (Wildman–Crippen LogP) is 2.79. The molecule has 0 amide bonds. The van der Waals surface area contributed by atoms with Gasteiger partial charge in [-0.1, -0.05) is 13.8 Å². The molecule has 1 saturated carbocycles. The maximum Gasteiger partial charge on any atom is 0.307 e. The molecular formula is C13H12FNO3. The summed E-state index contributed by atoms with van der Waals surface area (Å²) in [6.07, 6.45) is 0. The number of carbonyl (C=O) groups is 1. The van der Waals surface area contributed by atoms with Crippen LogP contribution in [-0.2, 0) is 4.79 Å². The number of hydrogen-bond donors (Lipinski definition) is 1. The summed E-state index contributed by atoms with van der Waals surface area (Å²) in [6, 6.07) is 4.09. The van der Waals surface area contributed by atoms with Gasteiger partial charge in [-0.15, -0.1) is 0 Å². The molecule has 94 valence electrons. The number of hydrogen-bond acceptors (Lipinski definition) is 3. The van der Waals surface area contributed by atoms with Gasteiger partial charge in [0.05, 0.1) is 11.8 Å². The van der Waals surface area contributed by atoms with Crippen molar-refractivity contribution in [3.8, 4) is 0 Å². The zero-order valence-corrected chi connectivity index (χ0v) is 9.98. The molecule has 1 N–H and O–H groups in total. The Kier molecular flexibility index (Phi) is 2.06. The molecule has 2 aromatic rings. The molecule has 0 radical (unpaired) electrons. The summed E-state index contributed by atoms with van der Waals surface area (Å²) in [5.41, 5.74) is 0.542. The van der Waals surface area contributed by atoms with Gasteiger partial charge in [0.1, 0.15) is 11.3 Å². The molecule has 18 heavy (non-hydrogen) atoms. The number of carboxylic acid groups (broad SMARTS) is 1. The summed E-state index contributed by atoms with van der Waals surface area (Å²) in [5, 5.41) is 9.11. The number of benzene rings is 1. The lowest BCUT2D eigenvalue weighted by atomic mass is 10.1. The highest BCUT2D eigenvalue weighted by Gasteiger charge is 2.65. The van der Waals surface area contributed by atoms with Crippen molar-refractivity contribution in [1.82, 2.24) is 4.98 Å². The van der Waals surface area contributed by atoms with Crippen molar-refractivity contribution in [2.24, 2.45) is 11.3 Å². The first-order valence-electron chi connectivity index (χ1n) is 5.70. The van der Waals surface area contributed by atoms with Gasteiger partial charge >= 0.3 is 5.97 Å². The fourth-order valence-electron chi connectivity index (χ4n) is 2.61. The molecule has 5 heteroatoms. The molecule has 2 unspecified atom stereocenters. The van der Waals surface area contributed by atoms with Gasteiger partial charge in [0.25, 0.3) is 0 Å². The number of oxazole rings is 1. The number of carboxylic acids is 1. The van der Waals surface area contributed by atoms with E-state index in [0.717, 1.165) is 0 Å². The van der Waals surface area contributed by atoms with Crippen molar-refractivity contribution in [2.45, 2.75) is 19.8 Å². The highest BCUT2D eigenvalue weighted by atomic mass is 19.1. The zero-order valence-electron chi connectivity index (χ0n) is 9.98. The maximum absolute atomic E-state index is 13.0. The van der Waals surface area contributed by atoms with Crippen molar-refractivity contribution in [2.75, 3.05) is 0 Å². The topological polar surface area (TPSA) is 63.3 Å². The molecule has 3 rings (SSSR count). The minimum atomic E-state index is -0.849. The molecule has 4 nitrogen and oxygen atoms in total. The molecule has 0 spiro atoms. The van der Waals surface area contributed by atoms with Gasteiger partial charge in [0, 0.05) is 6.07 Å². The Morgan fingerprint density at radius 2 is 2.22 bits per heavy atom. The van der Waals surface area contributed by atoms with Crippen LogP contribution in [0.2, 0.25) is 0 Å². The van der Waals surface area contributed by atoms with Gasteiger partial charge < -0.3 is 9.52 Å². The van der Waals surface area contributed by atoms with Gasteiger partial charge in [-0.2, -0.15) is 0 Å². The molecule has 1 aromatic carbocycles. The fraction of sp³-hybridized carbons (Fsp3) is 0.385. The van der Waals surface area contributed by atoms with Crippen LogP contribution >= 0.6 is 0 Å². The number of halogens is 1. The number of fused-ring (bicyclic) bond motifs is 1. The normalized spacial score (nSPS) is 25.3. The average Bonchev–Trinajstić information content (AvgIpc) is 2.66. The van der Waals surface area contributed by atoms with Crippen LogP contribution < -0.4 is 0 Å². The van der Waals surface area contributed by atoms with Crippen LogP contribution in [0.1, 0.15) is 25.7 Å². The van der Waals surface area contributed by atoms with Crippen LogP contribution in [0.3, 0.4) is 0 Å². The third-order valence-corrected chi connectivity index (χ3v) is 3.73. The van der Waals surface area contributed by atoms with Crippen molar-refractivity contribution >= 4 is 17.1 Å². The van der Waals surface area contributed by atoms with E-state index in [2.05, 4.69) is 4.98 Å². The van der Waals surface area contributed by atoms with Crippen LogP contribution in [0, 0.1) is 17.2 Å². The monoisotopic (exact) mass is 249 g/mol. The van der Waals surface area contributed by atoms with E-state index in [4.69, 9.17) is 9.52 Å². The second kappa shape index (κ2) is 3.31. The minimum Gasteiger partial charge on any atom is -0.481 e. The molecule has 0 saturated heterocycles. The van der Waals surface area contributed by atoms with E-state index in [9.17, 15) is 9.18 Å². The number of rotatable bonds is 2. The standard InChI is InChI=1S/C13H12FNO3/c1-13(2)9(10(13)12(16)17)11-15-7-5-6(14)3-4-8(7)18-11/h3-5,9-10H,1-2H3,(H,16,17). The fourth-order valence-corrected chi connectivity index (χ4v) is 2.61. The Hall–Kier alpha value is -1.91. The molecule has 0 bridgehead atoms. The van der Waals surface area contributed by atoms with Crippen molar-refractivity contribution < 1.29 is 18.7 Å². The first kappa shape index (κ1) is 11.2. The first-order valence-corrected chi connectivity index (χ1v) is 5.70. The van der Waals surface area contributed by atoms with Crippen LogP contribution in [0.5, 0.6) is 0 Å². The maximum atomic E-state index is 13.0. The summed E-state index contributed by atoms with van der Waals surface area (Å²) in [7, 11) is 0. The van der Waals surface area contributed by atoms with Crippen LogP contribution in [0.4, 0.5) is 4.39 Å². The van der Waals surface area contributed by atoms with Crippen LogP contribution in [0.25, 0.3) is 11.1 Å². The number of nitrogens with zero attached hydrogens (tertiary/aromatic N) is 1. The number of aliphatic carboxylic acids is 1. The molecule has 1 aliphatic rings. The molecular weight excluding hydrogens is 237 g/mol. The largest absolute Gasteiger partial charge is 0.481 e. The van der Waals surface area contributed by atoms with Crippen LogP contribution in [0.15, 0.2) is 22.6 Å². The van der Waals surface area contributed by atoms with Gasteiger partial charge in [-0.3, -0.25) is 4.79 Å². The molecule has 0 aliphatic heterocycles. The van der Waals surface area contributed by atoms with Gasteiger partial charge in [-0.25, -0.2) is 9.37 Å². The predicted molar refractivity (Wildman–Crippen MR) is 61.6 cm³/mol. The third-order valence-electron chi connectivity index (χ3n) is 3.73. The Balaban J connectivity index is 2.04. The SMILES string of the molecule is CC1(C)C(C(=O)O)C1c1nc2cc(F)ccc2o1. The smallest absolute Gasteiger partial charge is 0.307 e. The molecule has 2 atom stereocenters. The van der Waals surface area contributed by atoms with E-state index < -0.39 is 11.9 Å². The Bertz CT molecular complexity index is 647. The molecule has 1 aromatic heterocycles. The van der Waals surface area contributed by atoms with Crippen molar-refractivity contribution in [1.29, 1.82) is 0 Å². The lowest BCUT2D eigenvalue weighted by Gasteiger charge is -1.96. The highest BCUT2D eigenvalue weighted by Crippen LogP contribution is 2.64. The Labute approximate surface area is 102 Å². The van der Waals surface area contributed by atoms with Crippen molar-refractivity contribution in [3.63, 3.8) is 0 Å². The Morgan fingerprint density at radius 1 is 1.50 bits per heavy atom. The van der Waals surface area contributed by atoms with Gasteiger partial charge in [0.15, 0.2) is 11.5 Å². The highest BCUT2D eigenvalue weighted by molar-refractivity contribution is 5.78. The first-order chi connectivity index (χ1) is 8.41. The van der Waals surface area contributed by atoms with E-state index in [1.807, 2.05) is 13.8 Å². The summed E-state index contributed by atoms with van der Waals surface area (Å²) in [5.74, 6) is -1.58. The summed E-state index contributed by atoms with van der Waals surface area (Å²) < 4.78 is 18.6. The average molecular weight is 249 g/mol. The van der Waals surface area contributed by atoms with E-state index in [0.29, 0.717) is 17.0 Å². The van der Waals surface area contributed by atoms with Crippen molar-refractivity contribution in [3.05, 3.63) is 29.9 Å². The summed E-state index contributed by atoms with van der Waals surface area (Å²) >= 11 is 0. The molecule has 1 fully saturated rings. The lowest BCUT2D eigenvalue weighted by molar-refractivity contribution is -0.139. The minimum absolute atomic E-state index is 0.245. The van der Waals surface area contributed by atoms with E-state index in [1.165, 1.54) is 18.2 Å².